The number of sulfonamides is 1. The van der Waals surface area contributed by atoms with Crippen molar-refractivity contribution in [1.29, 1.82) is 0 Å². The van der Waals surface area contributed by atoms with Gasteiger partial charge in [0.05, 0.1) is 17.7 Å². The molecule has 6 nitrogen and oxygen atoms in total. The van der Waals surface area contributed by atoms with E-state index < -0.39 is 10.0 Å². The van der Waals surface area contributed by atoms with Gasteiger partial charge in [-0.2, -0.15) is 0 Å². The number of aryl methyl sites for hydroxylation is 1. The normalized spacial score (nSPS) is 10.9. The Balaban J connectivity index is 2.33. The summed E-state index contributed by atoms with van der Waals surface area (Å²) in [5.74, 6) is 0.221. The lowest BCUT2D eigenvalue weighted by molar-refractivity contribution is -0.114. The third-order valence-electron chi connectivity index (χ3n) is 3.17. The highest BCUT2D eigenvalue weighted by atomic mass is 32.2. The molecule has 0 unspecified atom stereocenters. The quantitative estimate of drug-likeness (QED) is 0.880. The molecule has 122 valence electrons. The Morgan fingerprint density at radius 1 is 1.09 bits per heavy atom. The van der Waals surface area contributed by atoms with Crippen molar-refractivity contribution >= 4 is 27.3 Å². The van der Waals surface area contributed by atoms with Crippen LogP contribution in [0.5, 0.6) is 5.75 Å². The molecule has 0 radical (unpaired) electrons. The predicted octanol–water partition coefficient (Wildman–Crippen LogP) is 2.76. The fourth-order valence-corrected chi connectivity index (χ4v) is 3.22. The summed E-state index contributed by atoms with van der Waals surface area (Å²) < 4.78 is 32.6. The number of ether oxygens (including phenoxy) is 1. The number of hydrogen-bond acceptors (Lipinski definition) is 4. The van der Waals surface area contributed by atoms with Gasteiger partial charge in [-0.3, -0.25) is 9.52 Å². The molecule has 2 aromatic rings. The van der Waals surface area contributed by atoms with Crippen LogP contribution < -0.4 is 14.8 Å². The van der Waals surface area contributed by atoms with E-state index in [0.717, 1.165) is 0 Å². The van der Waals surface area contributed by atoms with Crippen LogP contribution in [-0.2, 0) is 14.8 Å². The van der Waals surface area contributed by atoms with Gasteiger partial charge in [-0.15, -0.1) is 0 Å². The fraction of sp³-hybridized carbons (Fsp3) is 0.188. The highest BCUT2D eigenvalue weighted by molar-refractivity contribution is 7.92. The number of benzene rings is 2. The molecule has 0 fully saturated rings. The zero-order valence-electron chi connectivity index (χ0n) is 13.1. The van der Waals surface area contributed by atoms with Crippen molar-refractivity contribution in [3.8, 4) is 5.75 Å². The van der Waals surface area contributed by atoms with Crippen LogP contribution in [0.2, 0.25) is 0 Å². The van der Waals surface area contributed by atoms with Crippen molar-refractivity contribution in [2.75, 3.05) is 17.1 Å². The average molecular weight is 334 g/mol. The zero-order valence-corrected chi connectivity index (χ0v) is 13.9. The lowest BCUT2D eigenvalue weighted by Crippen LogP contribution is -2.14. The van der Waals surface area contributed by atoms with Gasteiger partial charge in [0.1, 0.15) is 5.75 Å². The molecule has 0 saturated carbocycles. The molecule has 0 aliphatic carbocycles. The van der Waals surface area contributed by atoms with Crippen molar-refractivity contribution in [1.82, 2.24) is 0 Å². The number of anilines is 2. The van der Waals surface area contributed by atoms with E-state index in [2.05, 4.69) is 10.0 Å². The Hall–Kier alpha value is -2.54. The van der Waals surface area contributed by atoms with Crippen LogP contribution in [-0.4, -0.2) is 21.4 Å². The largest absolute Gasteiger partial charge is 0.495 e. The first-order valence-electron chi connectivity index (χ1n) is 6.87. The second-order valence-corrected chi connectivity index (χ2v) is 6.65. The van der Waals surface area contributed by atoms with Crippen LogP contribution in [0.25, 0.3) is 0 Å². The molecule has 0 aliphatic rings. The Morgan fingerprint density at radius 3 is 2.39 bits per heavy atom. The average Bonchev–Trinajstić information content (AvgIpc) is 2.49. The molecular formula is C16H18N2O4S. The first-order valence-corrected chi connectivity index (χ1v) is 8.36. The van der Waals surface area contributed by atoms with Crippen molar-refractivity contribution in [3.05, 3.63) is 48.0 Å². The van der Waals surface area contributed by atoms with E-state index in [-0.39, 0.29) is 10.8 Å². The van der Waals surface area contributed by atoms with E-state index in [4.69, 9.17) is 4.74 Å². The Labute approximate surface area is 135 Å². The lowest BCUT2D eigenvalue weighted by atomic mass is 10.2. The van der Waals surface area contributed by atoms with Crippen LogP contribution in [0.15, 0.2) is 47.4 Å². The molecule has 0 spiro atoms. The van der Waals surface area contributed by atoms with Gasteiger partial charge in [0.2, 0.25) is 5.91 Å². The van der Waals surface area contributed by atoms with Gasteiger partial charge in [-0.1, -0.05) is 12.1 Å². The molecule has 0 heterocycles. The maximum Gasteiger partial charge on any atom is 0.262 e. The van der Waals surface area contributed by atoms with E-state index in [0.29, 0.717) is 22.7 Å². The Kier molecular flexibility index (Phi) is 4.90. The molecule has 1 amide bonds. The summed E-state index contributed by atoms with van der Waals surface area (Å²) in [5, 5.41) is 2.65. The molecule has 0 aliphatic heterocycles. The SMILES string of the molecule is COc1ccccc1NS(=O)(=O)c1ccc(NC(C)=O)c(C)c1. The highest BCUT2D eigenvalue weighted by Crippen LogP contribution is 2.27. The van der Waals surface area contributed by atoms with Gasteiger partial charge < -0.3 is 10.1 Å². The van der Waals surface area contributed by atoms with Crippen molar-refractivity contribution in [2.24, 2.45) is 0 Å². The van der Waals surface area contributed by atoms with Crippen LogP contribution in [0.4, 0.5) is 11.4 Å². The molecule has 7 heteroatoms. The van der Waals surface area contributed by atoms with Crippen molar-refractivity contribution in [2.45, 2.75) is 18.7 Å². The van der Waals surface area contributed by atoms with Gasteiger partial charge in [-0.05, 0) is 42.8 Å². The second-order valence-electron chi connectivity index (χ2n) is 4.96. The molecule has 0 atom stereocenters. The molecule has 2 rings (SSSR count). The Morgan fingerprint density at radius 2 is 1.78 bits per heavy atom. The minimum atomic E-state index is -3.76. The monoisotopic (exact) mass is 334 g/mol. The van der Waals surface area contributed by atoms with Crippen LogP contribution in [0.3, 0.4) is 0 Å². The minimum Gasteiger partial charge on any atom is -0.495 e. The lowest BCUT2D eigenvalue weighted by Gasteiger charge is -2.13. The van der Waals surface area contributed by atoms with E-state index in [1.807, 2.05) is 0 Å². The molecule has 23 heavy (non-hydrogen) atoms. The van der Waals surface area contributed by atoms with Gasteiger partial charge >= 0.3 is 0 Å². The van der Waals surface area contributed by atoms with E-state index in [9.17, 15) is 13.2 Å². The summed E-state index contributed by atoms with van der Waals surface area (Å²) in [4.78, 5) is 11.2. The zero-order chi connectivity index (χ0) is 17.0. The fourth-order valence-electron chi connectivity index (χ4n) is 2.07. The highest BCUT2D eigenvalue weighted by Gasteiger charge is 2.17. The smallest absolute Gasteiger partial charge is 0.262 e. The number of amides is 1. The van der Waals surface area contributed by atoms with E-state index >= 15 is 0 Å². The van der Waals surface area contributed by atoms with Gasteiger partial charge in [-0.25, -0.2) is 8.42 Å². The molecule has 0 aromatic heterocycles. The summed E-state index contributed by atoms with van der Waals surface area (Å²) in [5.41, 5.74) is 1.59. The summed E-state index contributed by atoms with van der Waals surface area (Å²) in [6.07, 6.45) is 0. The topological polar surface area (TPSA) is 84.5 Å². The second kappa shape index (κ2) is 6.70. The van der Waals surface area contributed by atoms with Crippen LogP contribution in [0, 0.1) is 6.92 Å². The number of carbonyl (C=O) groups excluding carboxylic acids is 1. The summed E-state index contributed by atoms with van der Waals surface area (Å²) in [6, 6.07) is 11.3. The van der Waals surface area contributed by atoms with Gasteiger partial charge in [0.25, 0.3) is 10.0 Å². The number of nitrogens with one attached hydrogen (secondary N) is 2. The van der Waals surface area contributed by atoms with Gasteiger partial charge in [0.15, 0.2) is 0 Å². The maximum atomic E-state index is 12.5. The van der Waals surface area contributed by atoms with Crippen molar-refractivity contribution in [3.63, 3.8) is 0 Å². The molecular weight excluding hydrogens is 316 g/mol. The number of para-hydroxylation sites is 2. The predicted molar refractivity (Wildman–Crippen MR) is 89.3 cm³/mol. The third kappa shape index (κ3) is 4.01. The standard InChI is InChI=1S/C16H18N2O4S/c1-11-10-13(8-9-14(11)17-12(2)19)23(20,21)18-15-6-4-5-7-16(15)22-3/h4-10,18H,1-3H3,(H,17,19). The van der Waals surface area contributed by atoms with Crippen molar-refractivity contribution < 1.29 is 17.9 Å². The number of hydrogen-bond donors (Lipinski definition) is 2. The first-order chi connectivity index (χ1) is 10.8. The molecule has 0 bridgehead atoms. The third-order valence-corrected chi connectivity index (χ3v) is 4.53. The number of carbonyl (C=O) groups is 1. The Bertz CT molecular complexity index is 832. The maximum absolute atomic E-state index is 12.5. The van der Waals surface area contributed by atoms with Gasteiger partial charge in [0, 0.05) is 12.6 Å². The summed E-state index contributed by atoms with van der Waals surface area (Å²) >= 11 is 0. The first kappa shape index (κ1) is 16.8. The number of methoxy groups -OCH3 is 1. The number of rotatable bonds is 5. The summed E-state index contributed by atoms with van der Waals surface area (Å²) in [6.45, 7) is 3.13. The van der Waals surface area contributed by atoms with Crippen LogP contribution >= 0.6 is 0 Å². The van der Waals surface area contributed by atoms with E-state index in [1.54, 1.807) is 37.3 Å². The molecule has 2 N–H and O–H groups in total. The van der Waals surface area contributed by atoms with E-state index in [1.165, 1.54) is 26.2 Å². The molecule has 0 saturated heterocycles. The minimum absolute atomic E-state index is 0.106. The molecule has 2 aromatic carbocycles. The summed E-state index contributed by atoms with van der Waals surface area (Å²) in [7, 11) is -2.28. The van der Waals surface area contributed by atoms with Crippen LogP contribution in [0.1, 0.15) is 12.5 Å².